The molecule has 3 heteroatoms. The number of nitrogens with zero attached hydrogens (tertiary/aromatic N) is 1. The van der Waals surface area contributed by atoms with E-state index in [4.69, 9.17) is 4.52 Å². The van der Waals surface area contributed by atoms with E-state index >= 15 is 0 Å². The lowest BCUT2D eigenvalue weighted by atomic mass is 10.1. The van der Waals surface area contributed by atoms with Crippen LogP contribution in [0.2, 0.25) is 0 Å². The lowest BCUT2D eigenvalue weighted by Gasteiger charge is -1.99. The van der Waals surface area contributed by atoms with E-state index in [2.05, 4.69) is 16.5 Å². The standard InChI is InChI=1S/C10H10N2O/c1-2-7-6-11-5-4-8-10(7)9(3-1)13-12-8/h1-3,11H,4-6H2. The van der Waals surface area contributed by atoms with Crippen LogP contribution in [-0.4, -0.2) is 11.7 Å². The molecule has 0 radical (unpaired) electrons. The summed E-state index contributed by atoms with van der Waals surface area (Å²) in [6.07, 6.45) is 0.962. The predicted octanol–water partition coefficient (Wildman–Crippen LogP) is 1.47. The molecule has 1 aliphatic rings. The Hall–Kier alpha value is -1.35. The first-order chi connectivity index (χ1) is 6.45. The number of nitrogens with one attached hydrogen (secondary N) is 1. The molecule has 3 rings (SSSR count). The third-order valence-electron chi connectivity index (χ3n) is 2.51. The molecule has 0 spiro atoms. The molecule has 1 N–H and O–H groups in total. The Morgan fingerprint density at radius 2 is 2.38 bits per heavy atom. The minimum Gasteiger partial charge on any atom is -0.356 e. The molecule has 0 bridgehead atoms. The van der Waals surface area contributed by atoms with Gasteiger partial charge in [0.1, 0.15) is 0 Å². The zero-order chi connectivity index (χ0) is 8.67. The van der Waals surface area contributed by atoms with Crippen LogP contribution in [0.25, 0.3) is 11.0 Å². The molecule has 0 amide bonds. The summed E-state index contributed by atoms with van der Waals surface area (Å²) in [6, 6.07) is 6.11. The van der Waals surface area contributed by atoms with Gasteiger partial charge in [0.15, 0.2) is 5.58 Å². The summed E-state index contributed by atoms with van der Waals surface area (Å²) in [6.45, 7) is 1.90. The predicted molar refractivity (Wildman–Crippen MR) is 49.4 cm³/mol. The Labute approximate surface area is 75.7 Å². The highest BCUT2D eigenvalue weighted by Crippen LogP contribution is 2.24. The summed E-state index contributed by atoms with van der Waals surface area (Å²) in [7, 11) is 0. The van der Waals surface area contributed by atoms with Crippen molar-refractivity contribution in [3.8, 4) is 0 Å². The van der Waals surface area contributed by atoms with Crippen molar-refractivity contribution >= 4 is 11.0 Å². The van der Waals surface area contributed by atoms with Crippen molar-refractivity contribution in [2.24, 2.45) is 0 Å². The first-order valence-corrected chi connectivity index (χ1v) is 4.52. The fourth-order valence-electron chi connectivity index (χ4n) is 1.88. The number of hydrogen-bond acceptors (Lipinski definition) is 3. The van der Waals surface area contributed by atoms with E-state index in [0.29, 0.717) is 0 Å². The molecule has 1 aromatic carbocycles. The van der Waals surface area contributed by atoms with Crippen LogP contribution in [0.15, 0.2) is 22.7 Å². The van der Waals surface area contributed by atoms with Crippen LogP contribution in [0.4, 0.5) is 0 Å². The van der Waals surface area contributed by atoms with Crippen molar-refractivity contribution in [1.82, 2.24) is 10.5 Å². The van der Waals surface area contributed by atoms with Gasteiger partial charge in [0.05, 0.1) is 5.69 Å². The maximum Gasteiger partial charge on any atom is 0.167 e. The van der Waals surface area contributed by atoms with E-state index in [1.807, 2.05) is 12.1 Å². The average molecular weight is 174 g/mol. The summed E-state index contributed by atoms with van der Waals surface area (Å²) >= 11 is 0. The second kappa shape index (κ2) is 2.57. The SMILES string of the molecule is c1cc2c3c(noc3c1)CCNC2. The fourth-order valence-corrected chi connectivity index (χ4v) is 1.88. The molecule has 0 fully saturated rings. The summed E-state index contributed by atoms with van der Waals surface area (Å²) < 4.78 is 5.24. The molecule has 1 aliphatic heterocycles. The first-order valence-electron chi connectivity index (χ1n) is 4.52. The van der Waals surface area contributed by atoms with E-state index in [0.717, 1.165) is 30.8 Å². The third-order valence-corrected chi connectivity index (χ3v) is 2.51. The topological polar surface area (TPSA) is 38.1 Å². The Morgan fingerprint density at radius 1 is 1.38 bits per heavy atom. The summed E-state index contributed by atoms with van der Waals surface area (Å²) in [4.78, 5) is 0. The Kier molecular flexibility index (Phi) is 1.40. The van der Waals surface area contributed by atoms with E-state index in [9.17, 15) is 0 Å². The maximum atomic E-state index is 5.24. The molecule has 0 saturated heterocycles. The van der Waals surface area contributed by atoms with E-state index in [1.165, 1.54) is 10.9 Å². The maximum absolute atomic E-state index is 5.24. The summed E-state index contributed by atoms with van der Waals surface area (Å²) in [5, 5.41) is 8.64. The molecule has 3 nitrogen and oxygen atoms in total. The zero-order valence-corrected chi connectivity index (χ0v) is 7.21. The zero-order valence-electron chi connectivity index (χ0n) is 7.21. The molecule has 0 aliphatic carbocycles. The smallest absolute Gasteiger partial charge is 0.167 e. The van der Waals surface area contributed by atoms with Crippen molar-refractivity contribution in [3.05, 3.63) is 29.5 Å². The second-order valence-corrected chi connectivity index (χ2v) is 3.35. The van der Waals surface area contributed by atoms with Crippen LogP contribution < -0.4 is 5.32 Å². The van der Waals surface area contributed by atoms with Gasteiger partial charge >= 0.3 is 0 Å². The highest BCUT2D eigenvalue weighted by atomic mass is 16.5. The third kappa shape index (κ3) is 0.971. The van der Waals surface area contributed by atoms with Gasteiger partial charge in [-0.2, -0.15) is 0 Å². The second-order valence-electron chi connectivity index (χ2n) is 3.35. The lowest BCUT2D eigenvalue weighted by Crippen LogP contribution is -2.13. The normalized spacial score (nSPS) is 16.0. The van der Waals surface area contributed by atoms with Crippen molar-refractivity contribution in [2.45, 2.75) is 13.0 Å². The van der Waals surface area contributed by atoms with Crippen LogP contribution in [0.1, 0.15) is 11.3 Å². The van der Waals surface area contributed by atoms with Crippen molar-refractivity contribution in [2.75, 3.05) is 6.54 Å². The fraction of sp³-hybridized carbons (Fsp3) is 0.300. The van der Waals surface area contributed by atoms with Gasteiger partial charge in [0, 0.05) is 24.9 Å². The minimum atomic E-state index is 0.913. The molecular weight excluding hydrogens is 164 g/mol. The molecule has 0 unspecified atom stereocenters. The van der Waals surface area contributed by atoms with Gasteiger partial charge in [-0.05, 0) is 11.6 Å². The number of hydrogen-bond donors (Lipinski definition) is 1. The van der Waals surface area contributed by atoms with Gasteiger partial charge in [-0.25, -0.2) is 0 Å². The molecule has 0 atom stereocenters. The molecule has 2 aromatic rings. The number of benzene rings is 1. The first kappa shape index (κ1) is 7.09. The Balaban J connectivity index is 2.40. The largest absolute Gasteiger partial charge is 0.356 e. The van der Waals surface area contributed by atoms with Crippen LogP contribution in [-0.2, 0) is 13.0 Å². The van der Waals surface area contributed by atoms with Crippen LogP contribution in [0.5, 0.6) is 0 Å². The van der Waals surface area contributed by atoms with E-state index in [-0.39, 0.29) is 0 Å². The molecular formula is C10H10N2O. The molecule has 1 aromatic heterocycles. The van der Waals surface area contributed by atoms with E-state index in [1.54, 1.807) is 0 Å². The summed E-state index contributed by atoms with van der Waals surface area (Å²) in [5.74, 6) is 0. The average Bonchev–Trinajstić information content (AvgIpc) is 2.44. The van der Waals surface area contributed by atoms with Crippen LogP contribution >= 0.6 is 0 Å². The van der Waals surface area contributed by atoms with Crippen LogP contribution in [0.3, 0.4) is 0 Å². The molecule has 13 heavy (non-hydrogen) atoms. The monoisotopic (exact) mass is 174 g/mol. The van der Waals surface area contributed by atoms with Gasteiger partial charge in [-0.15, -0.1) is 0 Å². The van der Waals surface area contributed by atoms with Gasteiger partial charge in [0.2, 0.25) is 0 Å². The van der Waals surface area contributed by atoms with Gasteiger partial charge < -0.3 is 9.84 Å². The van der Waals surface area contributed by atoms with E-state index < -0.39 is 0 Å². The lowest BCUT2D eigenvalue weighted by molar-refractivity contribution is 0.444. The molecule has 2 heterocycles. The Bertz CT molecular complexity index is 447. The quantitative estimate of drug-likeness (QED) is 0.657. The molecule has 66 valence electrons. The van der Waals surface area contributed by atoms with Crippen molar-refractivity contribution < 1.29 is 4.52 Å². The van der Waals surface area contributed by atoms with Gasteiger partial charge in [0.25, 0.3) is 0 Å². The van der Waals surface area contributed by atoms with Crippen LogP contribution in [0, 0.1) is 0 Å². The number of rotatable bonds is 0. The van der Waals surface area contributed by atoms with Crippen molar-refractivity contribution in [1.29, 1.82) is 0 Å². The highest BCUT2D eigenvalue weighted by Gasteiger charge is 2.14. The Morgan fingerprint density at radius 3 is 3.38 bits per heavy atom. The van der Waals surface area contributed by atoms with Gasteiger partial charge in [-0.3, -0.25) is 0 Å². The minimum absolute atomic E-state index is 0.913. The van der Waals surface area contributed by atoms with Crippen molar-refractivity contribution in [3.63, 3.8) is 0 Å². The highest BCUT2D eigenvalue weighted by molar-refractivity contribution is 5.83. The molecule has 0 saturated carbocycles. The summed E-state index contributed by atoms with van der Waals surface area (Å²) in [5.41, 5.74) is 3.30. The van der Waals surface area contributed by atoms with Gasteiger partial charge in [-0.1, -0.05) is 17.3 Å². The number of aromatic nitrogens is 1.